The monoisotopic (exact) mass is 309 g/mol. The molecule has 0 radical (unpaired) electrons. The Labute approximate surface area is 124 Å². The third kappa shape index (κ3) is 4.42. The Bertz CT molecular complexity index is 633. The van der Waals surface area contributed by atoms with Gasteiger partial charge in [0.2, 0.25) is 0 Å². The summed E-state index contributed by atoms with van der Waals surface area (Å²) in [6, 6.07) is 9.82. The molecule has 5 heteroatoms. The zero-order valence-corrected chi connectivity index (χ0v) is 13.2. The lowest BCUT2D eigenvalue weighted by molar-refractivity contribution is 0.590. The van der Waals surface area contributed by atoms with Crippen LogP contribution >= 0.6 is 11.3 Å². The molecular weight excluding hydrogens is 290 g/mol. The number of benzene rings is 1. The Morgan fingerprint density at radius 1 is 1.15 bits per heavy atom. The van der Waals surface area contributed by atoms with Crippen LogP contribution < -0.4 is 0 Å². The van der Waals surface area contributed by atoms with Crippen LogP contribution in [0.15, 0.2) is 35.7 Å². The van der Waals surface area contributed by atoms with E-state index < -0.39 is 9.84 Å². The van der Waals surface area contributed by atoms with Crippen LogP contribution in [0.25, 0.3) is 11.3 Å². The molecule has 0 saturated heterocycles. The summed E-state index contributed by atoms with van der Waals surface area (Å²) in [7, 11) is -3.03. The molecule has 108 valence electrons. The van der Waals surface area contributed by atoms with Crippen molar-refractivity contribution in [2.24, 2.45) is 0 Å². The molecule has 0 atom stereocenters. The molecule has 0 N–H and O–H groups in total. The summed E-state index contributed by atoms with van der Waals surface area (Å²) in [5.41, 5.74) is 1.88. The predicted octanol–water partition coefficient (Wildman–Crippen LogP) is 3.92. The Kier molecular flexibility index (Phi) is 5.31. The highest BCUT2D eigenvalue weighted by atomic mass is 32.2. The van der Waals surface area contributed by atoms with Crippen molar-refractivity contribution in [3.63, 3.8) is 0 Å². The maximum absolute atomic E-state index is 12.0. The minimum Gasteiger partial charge on any atom is -0.240 e. The van der Waals surface area contributed by atoms with Gasteiger partial charge in [0.1, 0.15) is 10.8 Å². The van der Waals surface area contributed by atoms with Crippen molar-refractivity contribution in [1.29, 1.82) is 0 Å². The number of unbranched alkanes of at least 4 members (excludes halogenated alkanes) is 2. The second-order valence-electron chi connectivity index (χ2n) is 4.79. The predicted molar refractivity (Wildman–Crippen MR) is 84.6 cm³/mol. The normalized spacial score (nSPS) is 11.7. The minimum absolute atomic E-state index is 0.0637. The molecule has 2 aromatic rings. The van der Waals surface area contributed by atoms with Gasteiger partial charge in [0, 0.05) is 10.9 Å². The fourth-order valence-electron chi connectivity index (χ4n) is 1.95. The fraction of sp³-hybridized carbons (Fsp3) is 0.400. The number of hydrogen-bond acceptors (Lipinski definition) is 4. The van der Waals surface area contributed by atoms with Crippen LogP contribution in [0.5, 0.6) is 0 Å². The third-order valence-corrected chi connectivity index (χ3v) is 5.68. The van der Waals surface area contributed by atoms with Crippen molar-refractivity contribution in [1.82, 2.24) is 4.98 Å². The molecule has 0 spiro atoms. The Hall–Kier alpha value is -1.20. The molecule has 0 saturated carbocycles. The van der Waals surface area contributed by atoms with Crippen molar-refractivity contribution in [3.8, 4) is 11.3 Å². The van der Waals surface area contributed by atoms with Crippen LogP contribution in [0.1, 0.15) is 31.2 Å². The van der Waals surface area contributed by atoms with Gasteiger partial charge in [-0.3, -0.25) is 0 Å². The molecule has 0 aliphatic rings. The van der Waals surface area contributed by atoms with E-state index in [-0.39, 0.29) is 11.5 Å². The van der Waals surface area contributed by atoms with Crippen LogP contribution in [0, 0.1) is 0 Å². The van der Waals surface area contributed by atoms with E-state index in [1.165, 1.54) is 11.3 Å². The summed E-state index contributed by atoms with van der Waals surface area (Å²) in [5, 5.41) is 2.60. The molecular formula is C15H19NO2S2. The third-order valence-electron chi connectivity index (χ3n) is 3.02. The topological polar surface area (TPSA) is 47.0 Å². The van der Waals surface area contributed by atoms with Crippen LogP contribution in [0.4, 0.5) is 0 Å². The number of rotatable bonds is 7. The van der Waals surface area contributed by atoms with E-state index in [0.29, 0.717) is 5.01 Å². The summed E-state index contributed by atoms with van der Waals surface area (Å²) in [5.74, 6) is 0.329. The molecule has 1 aromatic heterocycles. The average Bonchev–Trinajstić information content (AvgIpc) is 2.87. The highest BCUT2D eigenvalue weighted by Gasteiger charge is 2.14. The Balaban J connectivity index is 2.03. The van der Waals surface area contributed by atoms with Gasteiger partial charge in [-0.1, -0.05) is 50.1 Å². The summed E-state index contributed by atoms with van der Waals surface area (Å²) in [6.45, 7) is 2.07. The van der Waals surface area contributed by atoms with Crippen LogP contribution in [0.2, 0.25) is 0 Å². The van der Waals surface area contributed by atoms with E-state index in [9.17, 15) is 8.42 Å². The van der Waals surface area contributed by atoms with E-state index in [2.05, 4.69) is 11.9 Å². The van der Waals surface area contributed by atoms with Gasteiger partial charge in [-0.2, -0.15) is 0 Å². The van der Waals surface area contributed by atoms with Gasteiger partial charge in [0.25, 0.3) is 0 Å². The van der Waals surface area contributed by atoms with Gasteiger partial charge < -0.3 is 0 Å². The molecule has 3 nitrogen and oxygen atoms in total. The van der Waals surface area contributed by atoms with Crippen molar-refractivity contribution in [2.75, 3.05) is 5.75 Å². The van der Waals surface area contributed by atoms with Crippen molar-refractivity contribution >= 4 is 21.2 Å². The van der Waals surface area contributed by atoms with Gasteiger partial charge in [0.15, 0.2) is 9.84 Å². The van der Waals surface area contributed by atoms with Crippen molar-refractivity contribution < 1.29 is 8.42 Å². The van der Waals surface area contributed by atoms with E-state index in [4.69, 9.17) is 0 Å². The van der Waals surface area contributed by atoms with Crippen molar-refractivity contribution in [2.45, 2.75) is 31.9 Å². The van der Waals surface area contributed by atoms with Gasteiger partial charge in [0.05, 0.1) is 11.4 Å². The largest absolute Gasteiger partial charge is 0.240 e. The quantitative estimate of drug-likeness (QED) is 0.728. The van der Waals surface area contributed by atoms with Gasteiger partial charge in [-0.05, 0) is 6.42 Å². The summed E-state index contributed by atoms with van der Waals surface area (Å²) < 4.78 is 24.0. The molecule has 1 aromatic carbocycles. The highest BCUT2D eigenvalue weighted by molar-refractivity contribution is 7.90. The van der Waals surface area contributed by atoms with Gasteiger partial charge in [-0.25, -0.2) is 13.4 Å². The molecule has 0 bridgehead atoms. The van der Waals surface area contributed by atoms with E-state index in [1.54, 1.807) is 0 Å². The molecule has 0 aliphatic carbocycles. The molecule has 20 heavy (non-hydrogen) atoms. The second kappa shape index (κ2) is 6.99. The zero-order chi connectivity index (χ0) is 14.4. The summed E-state index contributed by atoms with van der Waals surface area (Å²) in [6.07, 6.45) is 2.74. The van der Waals surface area contributed by atoms with Crippen molar-refractivity contribution in [3.05, 3.63) is 40.7 Å². The number of hydrogen-bond donors (Lipinski definition) is 0. The van der Waals surface area contributed by atoms with E-state index in [0.717, 1.165) is 30.5 Å². The second-order valence-corrected chi connectivity index (χ2v) is 7.92. The smallest absolute Gasteiger partial charge is 0.156 e. The first kappa shape index (κ1) is 15.2. The fourth-order valence-corrected chi connectivity index (χ4v) is 4.58. The van der Waals surface area contributed by atoms with Crippen LogP contribution in [-0.2, 0) is 15.6 Å². The first-order chi connectivity index (χ1) is 9.61. The lowest BCUT2D eigenvalue weighted by Gasteiger charge is -2.01. The van der Waals surface area contributed by atoms with Gasteiger partial charge in [-0.15, -0.1) is 11.3 Å². The Morgan fingerprint density at radius 3 is 2.60 bits per heavy atom. The SMILES string of the molecule is CCCCCS(=O)(=O)Cc1nc(-c2ccccc2)cs1. The summed E-state index contributed by atoms with van der Waals surface area (Å²) in [4.78, 5) is 4.43. The Morgan fingerprint density at radius 2 is 1.90 bits per heavy atom. The molecule has 2 rings (SSSR count). The highest BCUT2D eigenvalue weighted by Crippen LogP contribution is 2.23. The maximum atomic E-state index is 12.0. The average molecular weight is 309 g/mol. The number of aromatic nitrogens is 1. The minimum atomic E-state index is -3.03. The first-order valence-corrected chi connectivity index (χ1v) is 9.51. The lowest BCUT2D eigenvalue weighted by atomic mass is 10.2. The lowest BCUT2D eigenvalue weighted by Crippen LogP contribution is -2.09. The molecule has 0 fully saturated rings. The van der Waals surface area contributed by atoms with Gasteiger partial charge >= 0.3 is 0 Å². The van der Waals surface area contributed by atoms with Crippen LogP contribution in [-0.4, -0.2) is 19.2 Å². The van der Waals surface area contributed by atoms with E-state index >= 15 is 0 Å². The van der Waals surface area contributed by atoms with Crippen LogP contribution in [0.3, 0.4) is 0 Å². The molecule has 0 aliphatic heterocycles. The maximum Gasteiger partial charge on any atom is 0.156 e. The molecule has 1 heterocycles. The molecule has 0 amide bonds. The summed E-state index contributed by atoms with van der Waals surface area (Å²) >= 11 is 1.42. The number of sulfone groups is 1. The first-order valence-electron chi connectivity index (χ1n) is 6.81. The number of thiazole rings is 1. The van der Waals surface area contributed by atoms with E-state index in [1.807, 2.05) is 35.7 Å². The number of nitrogens with zero attached hydrogens (tertiary/aromatic N) is 1. The zero-order valence-electron chi connectivity index (χ0n) is 11.6. The molecule has 0 unspecified atom stereocenters. The standard InChI is InChI=1S/C15H19NO2S2/c1-2-3-7-10-20(17,18)12-15-16-14(11-19-15)13-8-5-4-6-9-13/h4-6,8-9,11H,2-3,7,10,12H2,1H3.